The van der Waals surface area contributed by atoms with E-state index >= 15 is 0 Å². The largest absolute Gasteiger partial charge is 0.418 e. The summed E-state index contributed by atoms with van der Waals surface area (Å²) in [5.74, 6) is -0.597. The minimum absolute atomic E-state index is 0.265. The second-order valence-electron chi connectivity index (χ2n) is 4.50. The van der Waals surface area contributed by atoms with Crippen LogP contribution in [0, 0.1) is 6.92 Å². The van der Waals surface area contributed by atoms with Crippen molar-refractivity contribution in [3.63, 3.8) is 0 Å². The molecule has 0 atom stereocenters. The molecule has 2 rings (SSSR count). The zero-order valence-corrected chi connectivity index (χ0v) is 11.9. The van der Waals surface area contributed by atoms with Gasteiger partial charge in [0.15, 0.2) is 0 Å². The van der Waals surface area contributed by atoms with Crippen LogP contribution in [0.15, 0.2) is 47.4 Å². The van der Waals surface area contributed by atoms with Gasteiger partial charge in [0.1, 0.15) is 0 Å². The molecule has 0 radical (unpaired) electrons. The molecule has 0 spiro atoms. The smallest absolute Gasteiger partial charge is 0.321 e. The molecule has 2 aromatic rings. The lowest BCUT2D eigenvalue weighted by Crippen LogP contribution is -2.17. The summed E-state index contributed by atoms with van der Waals surface area (Å²) < 4.78 is 38.6. The molecule has 1 N–H and O–H groups in total. The molecule has 0 bridgehead atoms. The summed E-state index contributed by atoms with van der Waals surface area (Å²) in [6.45, 7) is 1.71. The van der Waals surface area contributed by atoms with E-state index in [-0.39, 0.29) is 5.69 Å². The van der Waals surface area contributed by atoms with Gasteiger partial charge in [0.05, 0.1) is 11.3 Å². The van der Waals surface area contributed by atoms with Gasteiger partial charge in [-0.3, -0.25) is 4.79 Å². The maximum atomic E-state index is 12.9. The molecular weight excluding hydrogens is 299 g/mol. The molecule has 6 heteroatoms. The third-order valence-electron chi connectivity index (χ3n) is 2.95. The van der Waals surface area contributed by atoms with E-state index in [9.17, 15) is 18.0 Å². The predicted molar refractivity (Wildman–Crippen MR) is 77.8 cm³/mol. The van der Waals surface area contributed by atoms with Crippen LogP contribution in [0.1, 0.15) is 21.5 Å². The third kappa shape index (κ3) is 3.58. The SMILES string of the molecule is Cc1ccc(S)cc1C(=O)Nc1ccccc1C(F)(F)F. The summed E-state index contributed by atoms with van der Waals surface area (Å²) in [5, 5.41) is 2.31. The van der Waals surface area contributed by atoms with Gasteiger partial charge in [-0.15, -0.1) is 12.6 Å². The first-order chi connectivity index (χ1) is 9.79. The summed E-state index contributed by atoms with van der Waals surface area (Å²) >= 11 is 4.13. The molecule has 0 heterocycles. The molecule has 0 saturated carbocycles. The lowest BCUT2D eigenvalue weighted by Gasteiger charge is -2.14. The molecule has 0 aromatic heterocycles. The third-order valence-corrected chi connectivity index (χ3v) is 3.22. The number of carbonyl (C=O) groups is 1. The van der Waals surface area contributed by atoms with Crippen molar-refractivity contribution in [2.75, 3.05) is 5.32 Å². The van der Waals surface area contributed by atoms with E-state index in [1.54, 1.807) is 19.1 Å². The standard InChI is InChI=1S/C15H12F3NOS/c1-9-6-7-10(21)8-11(9)14(20)19-13-5-3-2-4-12(13)15(16,17)18/h2-8,21H,1H3,(H,19,20). The number of halogens is 3. The number of aryl methyl sites for hydroxylation is 1. The Morgan fingerprint density at radius 1 is 1.14 bits per heavy atom. The zero-order chi connectivity index (χ0) is 15.6. The first kappa shape index (κ1) is 15.4. The minimum Gasteiger partial charge on any atom is -0.321 e. The minimum atomic E-state index is -4.52. The first-order valence-electron chi connectivity index (χ1n) is 6.06. The van der Waals surface area contributed by atoms with Gasteiger partial charge in [0, 0.05) is 10.5 Å². The van der Waals surface area contributed by atoms with Crippen molar-refractivity contribution in [3.8, 4) is 0 Å². The van der Waals surface area contributed by atoms with Crippen molar-refractivity contribution in [3.05, 3.63) is 59.2 Å². The van der Waals surface area contributed by atoms with Crippen molar-refractivity contribution in [2.24, 2.45) is 0 Å². The van der Waals surface area contributed by atoms with E-state index in [1.165, 1.54) is 24.3 Å². The Balaban J connectivity index is 2.35. The van der Waals surface area contributed by atoms with Crippen molar-refractivity contribution in [2.45, 2.75) is 18.0 Å². The van der Waals surface area contributed by atoms with E-state index in [0.29, 0.717) is 16.0 Å². The van der Waals surface area contributed by atoms with Crippen molar-refractivity contribution >= 4 is 24.2 Å². The van der Waals surface area contributed by atoms with Crippen molar-refractivity contribution in [1.82, 2.24) is 0 Å². The highest BCUT2D eigenvalue weighted by molar-refractivity contribution is 7.80. The number of benzene rings is 2. The molecule has 110 valence electrons. The Morgan fingerprint density at radius 3 is 2.48 bits per heavy atom. The lowest BCUT2D eigenvalue weighted by molar-refractivity contribution is -0.136. The number of hydrogen-bond donors (Lipinski definition) is 2. The monoisotopic (exact) mass is 311 g/mol. The van der Waals surface area contributed by atoms with Crippen molar-refractivity contribution < 1.29 is 18.0 Å². The van der Waals surface area contributed by atoms with Crippen LogP contribution in [-0.2, 0) is 6.18 Å². The Hall–Kier alpha value is -1.95. The summed E-state index contributed by atoms with van der Waals surface area (Å²) in [6.07, 6.45) is -4.52. The Kier molecular flexibility index (Phi) is 4.27. The van der Waals surface area contributed by atoms with Gasteiger partial charge in [0.2, 0.25) is 0 Å². The Labute approximate surface area is 125 Å². The zero-order valence-electron chi connectivity index (χ0n) is 11.0. The maximum Gasteiger partial charge on any atom is 0.418 e. The van der Waals surface area contributed by atoms with Crippen LogP contribution in [0.4, 0.5) is 18.9 Å². The molecule has 2 aromatic carbocycles. The molecule has 1 amide bonds. The molecule has 0 unspecified atom stereocenters. The van der Waals surface area contributed by atoms with Gasteiger partial charge in [-0.1, -0.05) is 18.2 Å². The quantitative estimate of drug-likeness (QED) is 0.783. The van der Waals surface area contributed by atoms with E-state index in [2.05, 4.69) is 17.9 Å². The molecule has 21 heavy (non-hydrogen) atoms. The van der Waals surface area contributed by atoms with E-state index in [0.717, 1.165) is 6.07 Å². The number of carbonyl (C=O) groups excluding carboxylic acids is 1. The molecule has 0 aliphatic carbocycles. The van der Waals surface area contributed by atoms with Crippen LogP contribution in [-0.4, -0.2) is 5.91 Å². The molecule has 0 aliphatic rings. The summed E-state index contributed by atoms with van der Waals surface area (Å²) in [4.78, 5) is 12.7. The van der Waals surface area contributed by atoms with Gasteiger partial charge < -0.3 is 5.32 Å². The number of thiol groups is 1. The second-order valence-corrected chi connectivity index (χ2v) is 5.01. The highest BCUT2D eigenvalue weighted by Crippen LogP contribution is 2.34. The fraction of sp³-hybridized carbons (Fsp3) is 0.133. The van der Waals surface area contributed by atoms with Crippen LogP contribution < -0.4 is 5.32 Å². The molecular formula is C15H12F3NOS. The normalized spacial score (nSPS) is 11.3. The van der Waals surface area contributed by atoms with Crippen LogP contribution in [0.5, 0.6) is 0 Å². The fourth-order valence-corrected chi connectivity index (χ4v) is 2.09. The lowest BCUT2D eigenvalue weighted by atomic mass is 10.1. The molecule has 0 fully saturated rings. The van der Waals surface area contributed by atoms with Crippen LogP contribution in [0.25, 0.3) is 0 Å². The number of amides is 1. The fourth-order valence-electron chi connectivity index (χ4n) is 1.88. The summed E-state index contributed by atoms with van der Waals surface area (Å²) in [5.41, 5.74) is -0.189. The van der Waals surface area contributed by atoms with Gasteiger partial charge in [0.25, 0.3) is 5.91 Å². The molecule has 0 aliphatic heterocycles. The van der Waals surface area contributed by atoms with E-state index in [1.807, 2.05) is 0 Å². The predicted octanol–water partition coefficient (Wildman–Crippen LogP) is 4.55. The number of para-hydroxylation sites is 1. The molecule has 0 saturated heterocycles. The number of alkyl halides is 3. The Bertz CT molecular complexity index is 683. The van der Waals surface area contributed by atoms with Crippen molar-refractivity contribution in [1.29, 1.82) is 0 Å². The second kappa shape index (κ2) is 5.81. The van der Waals surface area contributed by atoms with Crippen LogP contribution >= 0.6 is 12.6 Å². The summed E-state index contributed by atoms with van der Waals surface area (Å²) in [7, 11) is 0. The highest BCUT2D eigenvalue weighted by Gasteiger charge is 2.33. The number of nitrogens with one attached hydrogen (secondary N) is 1. The van der Waals surface area contributed by atoms with Gasteiger partial charge >= 0.3 is 6.18 Å². The van der Waals surface area contributed by atoms with E-state index in [4.69, 9.17) is 0 Å². The first-order valence-corrected chi connectivity index (χ1v) is 6.51. The maximum absolute atomic E-state index is 12.9. The average molecular weight is 311 g/mol. The summed E-state index contributed by atoms with van der Waals surface area (Å²) in [6, 6.07) is 9.78. The number of rotatable bonds is 2. The topological polar surface area (TPSA) is 29.1 Å². The Morgan fingerprint density at radius 2 is 1.81 bits per heavy atom. The number of hydrogen-bond acceptors (Lipinski definition) is 2. The van der Waals surface area contributed by atoms with Gasteiger partial charge in [-0.2, -0.15) is 13.2 Å². The highest BCUT2D eigenvalue weighted by atomic mass is 32.1. The van der Waals surface area contributed by atoms with E-state index < -0.39 is 17.6 Å². The van der Waals surface area contributed by atoms with Crippen LogP contribution in [0.2, 0.25) is 0 Å². The number of anilines is 1. The van der Waals surface area contributed by atoms with Gasteiger partial charge in [-0.05, 0) is 36.8 Å². The van der Waals surface area contributed by atoms with Crippen LogP contribution in [0.3, 0.4) is 0 Å². The van der Waals surface area contributed by atoms with Gasteiger partial charge in [-0.25, -0.2) is 0 Å². The molecule has 2 nitrogen and oxygen atoms in total. The average Bonchev–Trinajstić information content (AvgIpc) is 2.41.